The molecule has 0 radical (unpaired) electrons. The maximum absolute atomic E-state index is 12.1. The molecule has 4 N–H and O–H groups in total. The van der Waals surface area contributed by atoms with E-state index < -0.39 is 40.1 Å². The SMILES string of the molecule is CC(C)(C)OC(=O)Nc1ccc(N2CCN(c3nc(C4CC4)nc4ccc(Br)cc34)CC2)c(Cl)c1.CC(C)(C)OC(=O)OC(=O)OC(C)(C)C.CNC.Nc1ccc(N2CCN(c3nc(C4CC4)nc4ccc(Br)cc34)CC2)c(Cl)c1.O=[N+]([O-])c1ccc(N2CCN(c3nc(C4CC4)nc4ccc(Br)cc34)CC2)c(Cl)c1.[Fe]. The predicted molar refractivity (Wildman–Crippen MR) is 455 cm³/mol. The zero-order valence-electron chi connectivity index (χ0n) is 64.5. The number of nitrogens with one attached hydrogen (secondary N) is 2. The Morgan fingerprint density at radius 2 is 0.768 bits per heavy atom. The van der Waals surface area contributed by atoms with Crippen LogP contribution in [0.15, 0.2) is 123 Å². The fraction of sp³-hybridized carbons (Fsp3) is 0.438. The van der Waals surface area contributed by atoms with E-state index in [0.717, 1.165) is 189 Å². The van der Waals surface area contributed by atoms with E-state index in [1.54, 1.807) is 53.7 Å². The molecule has 1 amide bonds. The minimum atomic E-state index is -1.06. The third-order valence-electron chi connectivity index (χ3n) is 18.2. The fourth-order valence-electron chi connectivity index (χ4n) is 12.6. The van der Waals surface area contributed by atoms with E-state index in [1.807, 2.05) is 83.4 Å². The summed E-state index contributed by atoms with van der Waals surface area (Å²) in [7, 11) is 3.75. The van der Waals surface area contributed by atoms with Crippen LogP contribution >= 0.6 is 82.6 Å². The maximum Gasteiger partial charge on any atom is 0.519 e. The van der Waals surface area contributed by atoms with Crippen molar-refractivity contribution in [2.75, 3.05) is 133 Å². The predicted octanol–water partition coefficient (Wildman–Crippen LogP) is 19.3. The molecular formula is C80H94Br3Cl3FeN16O9. The number of nitrogens with two attached hydrogens (primary N) is 1. The number of hydrogen-bond acceptors (Lipinski definition) is 23. The molecule has 32 heteroatoms. The average molecular weight is 1830 g/mol. The molecule has 3 saturated carbocycles. The molecule has 25 nitrogen and oxygen atoms in total. The largest absolute Gasteiger partial charge is 0.519 e. The van der Waals surface area contributed by atoms with Crippen LogP contribution in [-0.2, 0) is 36.0 Å². The molecule has 3 aliphatic heterocycles. The Balaban J connectivity index is 0.000000161. The Morgan fingerprint density at radius 1 is 0.455 bits per heavy atom. The van der Waals surface area contributed by atoms with Crippen LogP contribution in [0.3, 0.4) is 0 Å². The number of rotatable bonds is 11. The number of nitro groups is 1. The van der Waals surface area contributed by atoms with Gasteiger partial charge in [-0.2, -0.15) is 0 Å². The Kier molecular flexibility index (Phi) is 29.1. The van der Waals surface area contributed by atoms with Crippen molar-refractivity contribution in [2.24, 2.45) is 0 Å². The molecule has 3 saturated heterocycles. The second-order valence-electron chi connectivity index (χ2n) is 30.9. The van der Waals surface area contributed by atoms with E-state index >= 15 is 0 Å². The topological polar surface area (TPSA) is 278 Å². The molecule has 9 aromatic rings. The van der Waals surface area contributed by atoms with Gasteiger partial charge in [-0.1, -0.05) is 82.6 Å². The van der Waals surface area contributed by atoms with E-state index in [1.165, 1.54) is 37.8 Å². The van der Waals surface area contributed by atoms with Crippen LogP contribution in [-0.4, -0.2) is 163 Å². The molecule has 0 atom stereocenters. The fourth-order valence-corrected chi connectivity index (χ4v) is 14.6. The van der Waals surface area contributed by atoms with Crippen molar-refractivity contribution in [3.05, 3.63) is 165 Å². The van der Waals surface area contributed by atoms with Gasteiger partial charge in [-0.25, -0.2) is 44.3 Å². The first kappa shape index (κ1) is 86.5. The van der Waals surface area contributed by atoms with Crippen LogP contribution in [0.2, 0.25) is 15.1 Å². The van der Waals surface area contributed by atoms with Crippen LogP contribution in [0, 0.1) is 10.1 Å². The third kappa shape index (κ3) is 24.1. The van der Waals surface area contributed by atoms with Crippen molar-refractivity contribution in [1.82, 2.24) is 35.2 Å². The summed E-state index contributed by atoms with van der Waals surface area (Å²) in [4.78, 5) is 87.8. The van der Waals surface area contributed by atoms with Gasteiger partial charge >= 0.3 is 18.4 Å². The summed E-state index contributed by atoms with van der Waals surface area (Å²) in [5, 5.41) is 21.4. The number of aromatic nitrogens is 6. The number of hydrogen-bond donors (Lipinski definition) is 3. The minimum absolute atomic E-state index is 0. The Hall–Kier alpha value is -7.86. The van der Waals surface area contributed by atoms with Crippen LogP contribution in [0.25, 0.3) is 32.7 Å². The van der Waals surface area contributed by atoms with Gasteiger partial charge in [-0.3, -0.25) is 15.4 Å². The maximum atomic E-state index is 12.1. The standard InChI is InChI=1S/C26H29BrClN5O2.C21H19BrClN5O2.C21H21BrClN5.C10H18O5.C2H7N.Fe/c1-26(2,3)35-25(34)29-18-7-9-22(20(28)15-18)32-10-12-33(13-11-32)24-19-14-17(27)6-8-21(19)30-23(31-24)16-4-5-16;22-14-3-5-18-16(11-14)21(25-20(24-18)13-1-2-13)27-9-7-26(8-10-27)19-6-4-15(28(29)30)12-17(19)23;22-14-3-5-18-16(11-14)21(26-20(25-18)13-1-2-13)28-9-7-27(8-10-28)19-6-4-15(24)12-17(19)23;1-9(2,3)14-7(11)13-8(12)15-10(4,5)6;1-3-2;/h6-9,14-16H,4-5,10-13H2,1-3H3,(H,29,34);3-6,11-13H,1-2,7-10H2;3-6,11-13H,1-2,7-10,24H2;1-6H3;3H,1-2H3;. The molecule has 112 heavy (non-hydrogen) atoms. The number of halogens is 6. The Morgan fingerprint density at radius 3 is 1.07 bits per heavy atom. The molecular weight excluding hydrogens is 1730 g/mol. The van der Waals surface area contributed by atoms with Crippen LogP contribution in [0.5, 0.6) is 0 Å². The first-order chi connectivity index (χ1) is 52.6. The molecule has 0 bridgehead atoms. The number of ether oxygens (including phenoxy) is 4. The summed E-state index contributed by atoms with van der Waals surface area (Å²) in [5.74, 6) is 7.46. The van der Waals surface area contributed by atoms with E-state index in [-0.39, 0.29) is 22.8 Å². The zero-order valence-corrected chi connectivity index (χ0v) is 72.7. The van der Waals surface area contributed by atoms with E-state index in [4.69, 9.17) is 84.7 Å². The minimum Gasteiger partial charge on any atom is -0.444 e. The van der Waals surface area contributed by atoms with Crippen LogP contribution < -0.4 is 45.8 Å². The van der Waals surface area contributed by atoms with Crippen LogP contribution in [0.1, 0.15) is 136 Å². The summed E-state index contributed by atoms with van der Waals surface area (Å²) in [6.45, 7) is 25.5. The summed E-state index contributed by atoms with van der Waals surface area (Å²) in [6.07, 6.45) is 4.45. The molecule has 598 valence electrons. The number of nitrogen functional groups attached to an aromatic ring is 1. The van der Waals surface area contributed by atoms with Gasteiger partial charge < -0.3 is 59.4 Å². The average Bonchev–Trinajstić information content (AvgIpc) is 1.34. The first-order valence-electron chi connectivity index (χ1n) is 37.1. The molecule has 15 rings (SSSR count). The normalized spacial score (nSPS) is 15.8. The van der Waals surface area contributed by atoms with E-state index in [2.05, 4.69) is 129 Å². The van der Waals surface area contributed by atoms with Crippen molar-refractivity contribution in [3.8, 4) is 0 Å². The van der Waals surface area contributed by atoms with Gasteiger partial charge in [0.25, 0.3) is 5.69 Å². The monoisotopic (exact) mass is 1820 g/mol. The summed E-state index contributed by atoms with van der Waals surface area (Å²) < 4.78 is 22.2. The molecule has 3 aliphatic carbocycles. The van der Waals surface area contributed by atoms with Gasteiger partial charge in [0.05, 0.1) is 53.6 Å². The first-order valence-corrected chi connectivity index (χ1v) is 40.6. The van der Waals surface area contributed by atoms with E-state index in [0.29, 0.717) is 44.2 Å². The van der Waals surface area contributed by atoms with Gasteiger partial charge in [0.2, 0.25) is 0 Å². The van der Waals surface area contributed by atoms with Gasteiger partial charge in [0.15, 0.2) is 0 Å². The molecule has 0 unspecified atom stereocenters. The number of anilines is 8. The van der Waals surface area contributed by atoms with Crippen molar-refractivity contribution in [3.63, 3.8) is 0 Å². The summed E-state index contributed by atoms with van der Waals surface area (Å²) in [5.41, 5.74) is 11.0. The number of carbonyl (C=O) groups is 3. The number of nitro benzene ring substituents is 1. The second kappa shape index (κ2) is 37.6. The van der Waals surface area contributed by atoms with Crippen LogP contribution in [0.4, 0.5) is 66.0 Å². The van der Waals surface area contributed by atoms with Gasteiger partial charge in [0, 0.05) is 166 Å². The zero-order chi connectivity index (χ0) is 79.8. The Labute approximate surface area is 704 Å². The Bertz CT molecular complexity index is 4840. The van der Waals surface area contributed by atoms with Crippen molar-refractivity contribution in [1.29, 1.82) is 0 Å². The molecule has 0 spiro atoms. The summed E-state index contributed by atoms with van der Waals surface area (Å²) >= 11 is 30.1. The second-order valence-corrected chi connectivity index (χ2v) is 34.8. The third-order valence-corrected chi connectivity index (χ3v) is 20.6. The number of nitrogens with zero attached hydrogens (tertiary/aromatic N) is 13. The quantitative estimate of drug-likeness (QED) is 0.0206. The number of benzene rings is 6. The molecule has 6 aliphatic rings. The van der Waals surface area contributed by atoms with Gasteiger partial charge in [-0.05, 0) is 212 Å². The van der Waals surface area contributed by atoms with E-state index in [9.17, 15) is 24.5 Å². The number of carbonyl (C=O) groups excluding carboxylic acids is 3. The number of piperazine rings is 3. The van der Waals surface area contributed by atoms with Gasteiger partial charge in [-0.15, -0.1) is 0 Å². The summed E-state index contributed by atoms with van der Waals surface area (Å²) in [6, 6.07) is 34.6. The number of amides is 1. The number of non-ortho nitro benzene ring substituents is 1. The molecule has 3 aromatic heterocycles. The molecule has 6 aromatic carbocycles. The van der Waals surface area contributed by atoms with Crippen molar-refractivity contribution >= 4 is 185 Å². The number of fused-ring (bicyclic) bond motifs is 3. The smallest absolute Gasteiger partial charge is 0.444 e. The van der Waals surface area contributed by atoms with Gasteiger partial charge in [0.1, 0.15) is 51.7 Å². The molecule has 6 heterocycles. The van der Waals surface area contributed by atoms with Crippen molar-refractivity contribution < 1.29 is 55.3 Å². The molecule has 6 fully saturated rings. The van der Waals surface area contributed by atoms with Crippen molar-refractivity contribution in [2.45, 2.75) is 135 Å².